The normalized spacial score (nSPS) is 25.1. The zero-order valence-corrected chi connectivity index (χ0v) is 15.4. The van der Waals surface area contributed by atoms with Gasteiger partial charge in [-0.2, -0.15) is 4.98 Å². The van der Waals surface area contributed by atoms with Crippen molar-refractivity contribution < 1.29 is 14.1 Å². The summed E-state index contributed by atoms with van der Waals surface area (Å²) in [5.41, 5.74) is 6.67. The maximum atomic E-state index is 13.1. The van der Waals surface area contributed by atoms with Gasteiger partial charge in [0, 0.05) is 0 Å². The number of hydrogen-bond acceptors (Lipinski definition) is 6. The van der Waals surface area contributed by atoms with Gasteiger partial charge >= 0.3 is 6.03 Å². The molecule has 142 valence electrons. The number of benzene rings is 1. The molecule has 3 amide bonds. The Balaban J connectivity index is 0.00000180. The SMILES string of the molecule is Cl.NC1(c2noc(CN3C(=O)NC4(CCc5ccccc54)C3=O)n2)CCC1. The van der Waals surface area contributed by atoms with E-state index in [1.807, 2.05) is 24.3 Å². The second kappa shape index (κ2) is 6.03. The molecular formula is C18H20ClN5O3. The maximum absolute atomic E-state index is 13.1. The molecule has 2 aromatic rings. The van der Waals surface area contributed by atoms with Crippen LogP contribution in [0.5, 0.6) is 0 Å². The topological polar surface area (TPSA) is 114 Å². The molecule has 0 bridgehead atoms. The van der Waals surface area contributed by atoms with Gasteiger partial charge in [0.1, 0.15) is 12.1 Å². The standard InChI is InChI=1S/C18H19N5O3.ClH/c19-17(7-3-8-17)14-20-13(26-22-14)10-23-15(24)18(21-16(23)25)9-6-11-4-1-2-5-12(11)18;/h1-2,4-5H,3,6-10,19H2,(H,21,25);1H. The van der Waals surface area contributed by atoms with Crippen LogP contribution in [0.25, 0.3) is 0 Å². The van der Waals surface area contributed by atoms with E-state index in [-0.39, 0.29) is 30.7 Å². The highest BCUT2D eigenvalue weighted by molar-refractivity contribution is 6.07. The van der Waals surface area contributed by atoms with Gasteiger partial charge in [0.25, 0.3) is 5.91 Å². The van der Waals surface area contributed by atoms with Gasteiger partial charge in [0.15, 0.2) is 5.82 Å². The maximum Gasteiger partial charge on any atom is 0.325 e. The molecular weight excluding hydrogens is 370 g/mol. The summed E-state index contributed by atoms with van der Waals surface area (Å²) in [5.74, 6) is 0.411. The first-order valence-electron chi connectivity index (χ1n) is 8.86. The summed E-state index contributed by atoms with van der Waals surface area (Å²) < 4.78 is 5.25. The van der Waals surface area contributed by atoms with E-state index in [9.17, 15) is 9.59 Å². The Morgan fingerprint density at radius 2 is 2.00 bits per heavy atom. The smallest absolute Gasteiger partial charge is 0.325 e. The van der Waals surface area contributed by atoms with Crippen LogP contribution in [0.1, 0.15) is 48.5 Å². The Morgan fingerprint density at radius 1 is 1.22 bits per heavy atom. The Kier molecular flexibility index (Phi) is 4.01. The number of aromatic nitrogens is 2. The molecule has 9 heteroatoms. The number of carbonyl (C=O) groups excluding carboxylic acids is 2. The number of carbonyl (C=O) groups is 2. The molecule has 1 aromatic carbocycles. The minimum Gasteiger partial charge on any atom is -0.337 e. The van der Waals surface area contributed by atoms with E-state index in [1.54, 1.807) is 0 Å². The molecule has 2 heterocycles. The second-order valence-electron chi connectivity index (χ2n) is 7.41. The first-order chi connectivity index (χ1) is 12.5. The third kappa shape index (κ3) is 2.47. The van der Waals surface area contributed by atoms with Crippen molar-refractivity contribution in [3.05, 3.63) is 47.1 Å². The number of halogens is 1. The Morgan fingerprint density at radius 3 is 2.74 bits per heavy atom. The van der Waals surface area contributed by atoms with Crippen LogP contribution < -0.4 is 11.1 Å². The third-order valence-electron chi connectivity index (χ3n) is 5.87. The summed E-state index contributed by atoms with van der Waals surface area (Å²) in [7, 11) is 0. The molecule has 1 saturated heterocycles. The zero-order chi connectivity index (χ0) is 17.9. The van der Waals surface area contributed by atoms with Crippen molar-refractivity contribution in [2.45, 2.75) is 49.7 Å². The summed E-state index contributed by atoms with van der Waals surface area (Å²) in [6, 6.07) is 7.30. The molecule has 5 rings (SSSR count). The van der Waals surface area contributed by atoms with Crippen molar-refractivity contribution in [3.63, 3.8) is 0 Å². The van der Waals surface area contributed by atoms with Crippen molar-refractivity contribution in [2.24, 2.45) is 5.73 Å². The minimum atomic E-state index is -0.973. The minimum absolute atomic E-state index is 0. The van der Waals surface area contributed by atoms with Crippen LogP contribution in [0.3, 0.4) is 0 Å². The number of urea groups is 1. The van der Waals surface area contributed by atoms with Gasteiger partial charge in [0.2, 0.25) is 5.89 Å². The van der Waals surface area contributed by atoms with Crippen LogP contribution >= 0.6 is 12.4 Å². The van der Waals surface area contributed by atoms with E-state index in [2.05, 4.69) is 15.5 Å². The van der Waals surface area contributed by atoms with Gasteiger partial charge in [-0.15, -0.1) is 12.4 Å². The lowest BCUT2D eigenvalue weighted by Crippen LogP contribution is -2.44. The van der Waals surface area contributed by atoms with E-state index in [0.29, 0.717) is 12.2 Å². The number of rotatable bonds is 3. The molecule has 3 aliphatic rings. The molecule has 27 heavy (non-hydrogen) atoms. The summed E-state index contributed by atoms with van der Waals surface area (Å²) in [4.78, 5) is 31.1. The number of amides is 3. The van der Waals surface area contributed by atoms with Crippen LogP contribution in [0, 0.1) is 0 Å². The van der Waals surface area contributed by atoms with E-state index in [1.165, 1.54) is 0 Å². The summed E-state index contributed by atoms with van der Waals surface area (Å²) in [6.07, 6.45) is 3.99. The van der Waals surface area contributed by atoms with Gasteiger partial charge in [-0.1, -0.05) is 29.4 Å². The molecule has 1 atom stereocenters. The van der Waals surface area contributed by atoms with E-state index in [0.717, 1.165) is 41.7 Å². The molecule has 2 aliphatic carbocycles. The average molecular weight is 390 g/mol. The number of imide groups is 1. The lowest BCUT2D eigenvalue weighted by molar-refractivity contribution is -0.132. The first-order valence-corrected chi connectivity index (χ1v) is 8.86. The number of nitrogens with two attached hydrogens (primary N) is 1. The van der Waals surface area contributed by atoms with Crippen LogP contribution in [-0.2, 0) is 28.8 Å². The Labute approximate surface area is 161 Å². The second-order valence-corrected chi connectivity index (χ2v) is 7.41. The van der Waals surface area contributed by atoms with Gasteiger partial charge in [-0.05, 0) is 43.2 Å². The summed E-state index contributed by atoms with van der Waals surface area (Å²) >= 11 is 0. The van der Waals surface area contributed by atoms with Crippen molar-refractivity contribution in [3.8, 4) is 0 Å². The van der Waals surface area contributed by atoms with Gasteiger partial charge in [-0.25, -0.2) is 4.79 Å². The summed E-state index contributed by atoms with van der Waals surface area (Å²) in [5, 5.41) is 6.83. The fourth-order valence-electron chi connectivity index (χ4n) is 4.17. The quantitative estimate of drug-likeness (QED) is 0.772. The molecule has 3 N–H and O–H groups in total. The Hall–Kier alpha value is -2.45. The molecule has 1 spiro atoms. The molecule has 0 radical (unpaired) electrons. The number of aryl methyl sites for hydroxylation is 1. The monoisotopic (exact) mass is 389 g/mol. The van der Waals surface area contributed by atoms with E-state index >= 15 is 0 Å². The molecule has 8 nitrogen and oxygen atoms in total. The largest absolute Gasteiger partial charge is 0.337 e. The van der Waals surface area contributed by atoms with E-state index in [4.69, 9.17) is 10.3 Å². The van der Waals surface area contributed by atoms with Crippen LogP contribution in [-0.4, -0.2) is 27.0 Å². The van der Waals surface area contributed by atoms with Gasteiger partial charge in [0.05, 0.1) is 5.54 Å². The average Bonchev–Trinajstić information content (AvgIpc) is 3.28. The van der Waals surface area contributed by atoms with Crippen molar-refractivity contribution in [1.82, 2.24) is 20.4 Å². The van der Waals surface area contributed by atoms with Crippen LogP contribution in [0.4, 0.5) is 4.79 Å². The number of fused-ring (bicyclic) bond motifs is 2. The molecule has 1 aliphatic heterocycles. The van der Waals surface area contributed by atoms with Crippen LogP contribution in [0.2, 0.25) is 0 Å². The lowest BCUT2D eigenvalue weighted by atomic mass is 9.77. The molecule has 2 fully saturated rings. The lowest BCUT2D eigenvalue weighted by Gasteiger charge is -2.34. The van der Waals surface area contributed by atoms with Crippen molar-refractivity contribution in [1.29, 1.82) is 0 Å². The molecule has 1 aromatic heterocycles. The number of nitrogens with one attached hydrogen (secondary N) is 1. The van der Waals surface area contributed by atoms with Crippen LogP contribution in [0.15, 0.2) is 28.8 Å². The Bertz CT molecular complexity index is 925. The highest BCUT2D eigenvalue weighted by Gasteiger charge is 2.55. The predicted octanol–water partition coefficient (Wildman–Crippen LogP) is 1.72. The predicted molar refractivity (Wildman–Crippen MR) is 96.8 cm³/mol. The van der Waals surface area contributed by atoms with Gasteiger partial charge < -0.3 is 15.6 Å². The van der Waals surface area contributed by atoms with Crippen molar-refractivity contribution in [2.75, 3.05) is 0 Å². The van der Waals surface area contributed by atoms with Gasteiger partial charge in [-0.3, -0.25) is 9.69 Å². The first kappa shape index (κ1) is 17.9. The van der Waals surface area contributed by atoms with E-state index < -0.39 is 17.1 Å². The highest BCUT2D eigenvalue weighted by atomic mass is 35.5. The van der Waals surface area contributed by atoms with Crippen molar-refractivity contribution >= 4 is 24.3 Å². The summed E-state index contributed by atoms with van der Waals surface area (Å²) in [6.45, 7) is -0.0440. The molecule has 1 saturated carbocycles. The third-order valence-corrected chi connectivity index (χ3v) is 5.87. The number of nitrogens with zero attached hydrogens (tertiary/aromatic N) is 3. The fraction of sp³-hybridized carbons (Fsp3) is 0.444. The number of hydrogen-bond donors (Lipinski definition) is 2. The zero-order valence-electron chi connectivity index (χ0n) is 14.6. The fourth-order valence-corrected chi connectivity index (χ4v) is 4.17. The highest BCUT2D eigenvalue weighted by Crippen LogP contribution is 2.42. The molecule has 1 unspecified atom stereocenters.